The van der Waals surface area contributed by atoms with Crippen molar-refractivity contribution in [2.75, 3.05) is 6.61 Å². The molecule has 1 aliphatic rings. The Bertz CT molecular complexity index is 368. The van der Waals surface area contributed by atoms with Crippen LogP contribution in [0.2, 0.25) is 0 Å². The van der Waals surface area contributed by atoms with Crippen LogP contribution in [0.15, 0.2) is 6.33 Å². The molecule has 0 radical (unpaired) electrons. The first kappa shape index (κ1) is 17.5. The summed E-state index contributed by atoms with van der Waals surface area (Å²) in [7, 11) is 0. The molecule has 2 heterocycles. The maximum absolute atomic E-state index is 10.8. The van der Waals surface area contributed by atoms with Crippen LogP contribution in [0, 0.1) is 0 Å². The molecule has 1 aromatic rings. The molecule has 0 bridgehead atoms. The molecule has 7 nitrogen and oxygen atoms in total. The Balaban J connectivity index is 0.000000741. The number of hydrogen-bond acceptors (Lipinski definition) is 5. The molecule has 2 unspecified atom stereocenters. The van der Waals surface area contributed by atoms with Gasteiger partial charge in [-0.15, -0.1) is 5.10 Å². The molecular weight excluding hydrogens is 248 g/mol. The van der Waals surface area contributed by atoms with Crippen LogP contribution in [0.3, 0.4) is 0 Å². The SMILES string of the molecule is CC.CC.NC(=O)c1ncn(C2CCC(CO)O2)n1. The number of primary amides is 1. The van der Waals surface area contributed by atoms with Gasteiger partial charge in [-0.3, -0.25) is 4.79 Å². The second-order valence-corrected chi connectivity index (χ2v) is 3.39. The lowest BCUT2D eigenvalue weighted by molar-refractivity contribution is -0.0284. The van der Waals surface area contributed by atoms with Crippen LogP contribution in [0.1, 0.15) is 57.4 Å². The van der Waals surface area contributed by atoms with E-state index in [1.807, 2.05) is 27.7 Å². The maximum atomic E-state index is 10.8. The largest absolute Gasteiger partial charge is 0.394 e. The first-order valence-corrected chi connectivity index (χ1v) is 6.68. The quantitative estimate of drug-likeness (QED) is 0.857. The van der Waals surface area contributed by atoms with Gasteiger partial charge in [0.15, 0.2) is 6.23 Å². The van der Waals surface area contributed by atoms with Crippen molar-refractivity contribution in [3.8, 4) is 0 Å². The van der Waals surface area contributed by atoms with Gasteiger partial charge in [-0.1, -0.05) is 27.7 Å². The number of aliphatic hydroxyl groups is 1. The summed E-state index contributed by atoms with van der Waals surface area (Å²) in [6.07, 6.45) is 2.50. The van der Waals surface area contributed by atoms with Crippen LogP contribution in [0.4, 0.5) is 0 Å². The van der Waals surface area contributed by atoms with Gasteiger partial charge in [0, 0.05) is 0 Å². The molecule has 1 fully saturated rings. The van der Waals surface area contributed by atoms with Crippen LogP contribution in [-0.4, -0.2) is 38.5 Å². The molecule has 1 amide bonds. The maximum Gasteiger partial charge on any atom is 0.288 e. The summed E-state index contributed by atoms with van der Waals surface area (Å²) >= 11 is 0. The van der Waals surface area contributed by atoms with Crippen molar-refractivity contribution >= 4 is 5.91 Å². The highest BCUT2D eigenvalue weighted by molar-refractivity contribution is 5.88. The standard InChI is InChI=1S/C8H12N4O3.2C2H6/c9-7(14)8-10-4-12(11-8)6-2-1-5(3-13)15-6;2*1-2/h4-6,13H,1-3H2,(H2,9,14);2*1-2H3. The molecule has 110 valence electrons. The lowest BCUT2D eigenvalue weighted by Gasteiger charge is -2.11. The molecular formula is C12H24N4O3. The molecule has 1 saturated heterocycles. The molecule has 2 atom stereocenters. The number of nitrogens with zero attached hydrogens (tertiary/aromatic N) is 3. The zero-order valence-electron chi connectivity index (χ0n) is 12.0. The van der Waals surface area contributed by atoms with Crippen molar-refractivity contribution in [1.29, 1.82) is 0 Å². The number of ether oxygens (including phenoxy) is 1. The fourth-order valence-corrected chi connectivity index (χ4v) is 1.54. The lowest BCUT2D eigenvalue weighted by Crippen LogP contribution is -2.16. The van der Waals surface area contributed by atoms with Crippen LogP contribution >= 0.6 is 0 Å². The highest BCUT2D eigenvalue weighted by Crippen LogP contribution is 2.26. The van der Waals surface area contributed by atoms with Crippen molar-refractivity contribution < 1.29 is 14.6 Å². The van der Waals surface area contributed by atoms with E-state index in [1.165, 1.54) is 11.0 Å². The monoisotopic (exact) mass is 272 g/mol. The number of carbonyl (C=O) groups excluding carboxylic acids is 1. The van der Waals surface area contributed by atoms with Crippen molar-refractivity contribution in [3.05, 3.63) is 12.2 Å². The highest BCUT2D eigenvalue weighted by Gasteiger charge is 2.27. The van der Waals surface area contributed by atoms with Gasteiger partial charge in [0.1, 0.15) is 6.33 Å². The number of amides is 1. The average molecular weight is 272 g/mol. The Morgan fingerprint density at radius 2 is 2.11 bits per heavy atom. The molecule has 0 aromatic carbocycles. The predicted octanol–water partition coefficient (Wildman–Crippen LogP) is 1.10. The Hall–Kier alpha value is -1.47. The van der Waals surface area contributed by atoms with Gasteiger partial charge in [0.25, 0.3) is 5.91 Å². The Labute approximate surface area is 113 Å². The first-order chi connectivity index (χ1) is 9.20. The summed E-state index contributed by atoms with van der Waals surface area (Å²) in [5, 5.41) is 12.8. The third-order valence-electron chi connectivity index (χ3n) is 2.31. The van der Waals surface area contributed by atoms with Crippen molar-refractivity contribution in [3.63, 3.8) is 0 Å². The van der Waals surface area contributed by atoms with Crippen molar-refractivity contribution in [2.24, 2.45) is 5.73 Å². The third kappa shape index (κ3) is 4.96. The van der Waals surface area contributed by atoms with Gasteiger partial charge in [0.05, 0.1) is 12.7 Å². The minimum absolute atomic E-state index is 0.00608. The van der Waals surface area contributed by atoms with Crippen LogP contribution in [0.5, 0.6) is 0 Å². The third-order valence-corrected chi connectivity index (χ3v) is 2.31. The molecule has 1 aliphatic heterocycles. The number of carbonyl (C=O) groups is 1. The molecule has 1 aromatic heterocycles. The van der Waals surface area contributed by atoms with Gasteiger partial charge in [-0.2, -0.15) is 0 Å². The summed E-state index contributed by atoms with van der Waals surface area (Å²) in [6, 6.07) is 0. The molecule has 0 spiro atoms. The number of aliphatic hydroxyl groups excluding tert-OH is 1. The molecule has 2 rings (SSSR count). The Morgan fingerprint density at radius 3 is 2.53 bits per heavy atom. The van der Waals surface area contributed by atoms with Gasteiger partial charge >= 0.3 is 0 Å². The number of aromatic nitrogens is 3. The van der Waals surface area contributed by atoms with E-state index in [2.05, 4.69) is 10.1 Å². The van der Waals surface area contributed by atoms with E-state index in [-0.39, 0.29) is 24.8 Å². The molecule has 19 heavy (non-hydrogen) atoms. The fourth-order valence-electron chi connectivity index (χ4n) is 1.54. The van der Waals surface area contributed by atoms with E-state index >= 15 is 0 Å². The zero-order valence-corrected chi connectivity index (χ0v) is 12.0. The van der Waals surface area contributed by atoms with E-state index in [0.717, 1.165) is 12.8 Å². The zero-order chi connectivity index (χ0) is 14.8. The predicted molar refractivity (Wildman–Crippen MR) is 71.5 cm³/mol. The van der Waals surface area contributed by atoms with E-state index in [9.17, 15) is 4.79 Å². The second kappa shape index (κ2) is 9.46. The smallest absolute Gasteiger partial charge is 0.288 e. The summed E-state index contributed by atoms with van der Waals surface area (Å²) in [5.74, 6) is -0.684. The average Bonchev–Trinajstić information content (AvgIpc) is 3.12. The molecule has 0 saturated carbocycles. The minimum atomic E-state index is -0.662. The second-order valence-electron chi connectivity index (χ2n) is 3.39. The molecule has 3 N–H and O–H groups in total. The van der Waals surface area contributed by atoms with Crippen LogP contribution in [-0.2, 0) is 4.74 Å². The topological polar surface area (TPSA) is 103 Å². The summed E-state index contributed by atoms with van der Waals surface area (Å²) in [4.78, 5) is 14.5. The summed E-state index contributed by atoms with van der Waals surface area (Å²) in [5.41, 5.74) is 5.02. The van der Waals surface area contributed by atoms with Crippen molar-refractivity contribution in [1.82, 2.24) is 14.8 Å². The van der Waals surface area contributed by atoms with Gasteiger partial charge in [-0.05, 0) is 12.8 Å². The number of rotatable bonds is 3. The van der Waals surface area contributed by atoms with Crippen LogP contribution in [0.25, 0.3) is 0 Å². The first-order valence-electron chi connectivity index (χ1n) is 6.68. The fraction of sp³-hybridized carbons (Fsp3) is 0.750. The number of hydrogen-bond donors (Lipinski definition) is 2. The van der Waals surface area contributed by atoms with Crippen molar-refractivity contribution in [2.45, 2.75) is 52.9 Å². The van der Waals surface area contributed by atoms with Crippen LogP contribution < -0.4 is 5.73 Å². The van der Waals surface area contributed by atoms with E-state index in [1.54, 1.807) is 0 Å². The highest BCUT2D eigenvalue weighted by atomic mass is 16.5. The lowest BCUT2D eigenvalue weighted by atomic mass is 10.2. The van der Waals surface area contributed by atoms with Gasteiger partial charge < -0.3 is 15.6 Å². The Morgan fingerprint density at radius 1 is 1.47 bits per heavy atom. The normalized spacial score (nSPS) is 20.9. The molecule has 0 aliphatic carbocycles. The minimum Gasteiger partial charge on any atom is -0.394 e. The van der Waals surface area contributed by atoms with E-state index < -0.39 is 5.91 Å². The van der Waals surface area contributed by atoms with Gasteiger partial charge in [0.2, 0.25) is 5.82 Å². The number of nitrogens with two attached hydrogens (primary N) is 1. The summed E-state index contributed by atoms with van der Waals surface area (Å²) in [6.45, 7) is 7.99. The Kier molecular flexibility index (Phi) is 8.73. The summed E-state index contributed by atoms with van der Waals surface area (Å²) < 4.78 is 6.90. The van der Waals surface area contributed by atoms with E-state index in [4.69, 9.17) is 15.6 Å². The molecule has 7 heteroatoms. The van der Waals surface area contributed by atoms with Gasteiger partial charge in [-0.25, -0.2) is 9.67 Å². The van der Waals surface area contributed by atoms with E-state index in [0.29, 0.717) is 0 Å².